The maximum absolute atomic E-state index is 13.0. The van der Waals surface area contributed by atoms with Gasteiger partial charge in [-0.2, -0.15) is 13.2 Å². The smallest absolute Gasteiger partial charge is 0.328 e. The van der Waals surface area contributed by atoms with Crippen molar-refractivity contribution in [2.45, 2.75) is 38.5 Å². The van der Waals surface area contributed by atoms with Crippen molar-refractivity contribution in [3.63, 3.8) is 0 Å². The molecule has 0 bridgehead atoms. The number of rotatable bonds is 3. The van der Waals surface area contributed by atoms with Crippen molar-refractivity contribution in [2.24, 2.45) is 11.7 Å². The molecule has 0 amide bonds. The van der Waals surface area contributed by atoms with E-state index >= 15 is 0 Å². The third kappa shape index (κ3) is 3.73. The molecular weight excluding hydrogens is 265 g/mol. The second-order valence-electron chi connectivity index (χ2n) is 5.65. The Balaban J connectivity index is 2.10. The van der Waals surface area contributed by atoms with E-state index < -0.39 is 11.7 Å². The molecule has 0 aliphatic carbocycles. The molecule has 5 heteroatoms. The molecule has 1 aromatic carbocycles. The Morgan fingerprint density at radius 1 is 1.35 bits per heavy atom. The lowest BCUT2D eigenvalue weighted by molar-refractivity contribution is -0.138. The molecule has 0 aromatic heterocycles. The molecule has 112 valence electrons. The number of likely N-dealkylation sites (tertiary alicyclic amines) is 1. The number of hydrogen-bond acceptors (Lipinski definition) is 2. The van der Waals surface area contributed by atoms with Gasteiger partial charge in [-0.1, -0.05) is 18.2 Å². The molecule has 1 aliphatic heterocycles. The SMILES string of the molecule is CC(N)C1CCCN(Cc2ccccc2C(F)(F)F)C1. The van der Waals surface area contributed by atoms with Crippen LogP contribution in [0, 0.1) is 5.92 Å². The highest BCUT2D eigenvalue weighted by Crippen LogP contribution is 2.33. The topological polar surface area (TPSA) is 29.3 Å². The molecule has 2 nitrogen and oxygen atoms in total. The normalized spacial score (nSPS) is 22.8. The van der Waals surface area contributed by atoms with Crippen LogP contribution in [0.5, 0.6) is 0 Å². The monoisotopic (exact) mass is 286 g/mol. The number of benzene rings is 1. The number of nitrogens with zero attached hydrogens (tertiary/aromatic N) is 1. The molecule has 0 radical (unpaired) electrons. The van der Waals surface area contributed by atoms with E-state index in [0.717, 1.165) is 32.0 Å². The van der Waals surface area contributed by atoms with Crippen molar-refractivity contribution in [3.05, 3.63) is 35.4 Å². The summed E-state index contributed by atoms with van der Waals surface area (Å²) < 4.78 is 38.9. The first-order valence-electron chi connectivity index (χ1n) is 7.01. The Kier molecular flexibility index (Phi) is 4.70. The van der Waals surface area contributed by atoms with Gasteiger partial charge in [0, 0.05) is 19.1 Å². The van der Waals surface area contributed by atoms with E-state index in [9.17, 15) is 13.2 Å². The van der Waals surface area contributed by atoms with Crippen LogP contribution in [0.2, 0.25) is 0 Å². The van der Waals surface area contributed by atoms with Gasteiger partial charge in [-0.3, -0.25) is 4.90 Å². The fourth-order valence-corrected chi connectivity index (χ4v) is 2.84. The van der Waals surface area contributed by atoms with E-state index in [0.29, 0.717) is 18.0 Å². The van der Waals surface area contributed by atoms with Crippen LogP contribution in [0.1, 0.15) is 30.9 Å². The largest absolute Gasteiger partial charge is 0.416 e. The number of nitrogens with two attached hydrogens (primary N) is 1. The molecule has 0 saturated carbocycles. The third-order valence-corrected chi connectivity index (χ3v) is 4.00. The fourth-order valence-electron chi connectivity index (χ4n) is 2.84. The summed E-state index contributed by atoms with van der Waals surface area (Å²) in [6.45, 7) is 3.94. The van der Waals surface area contributed by atoms with Gasteiger partial charge in [-0.25, -0.2) is 0 Å². The van der Waals surface area contributed by atoms with Gasteiger partial charge in [0.25, 0.3) is 0 Å². The van der Waals surface area contributed by atoms with Crippen LogP contribution in [0.15, 0.2) is 24.3 Å². The van der Waals surface area contributed by atoms with E-state index in [2.05, 4.69) is 4.90 Å². The average molecular weight is 286 g/mol. The first-order chi connectivity index (χ1) is 9.38. The lowest BCUT2D eigenvalue weighted by Crippen LogP contribution is -2.42. The molecule has 2 rings (SSSR count). The number of piperidine rings is 1. The summed E-state index contributed by atoms with van der Waals surface area (Å²) in [5, 5.41) is 0. The van der Waals surface area contributed by atoms with Crippen LogP contribution in [-0.4, -0.2) is 24.0 Å². The van der Waals surface area contributed by atoms with E-state index in [1.54, 1.807) is 12.1 Å². The molecule has 1 aliphatic rings. The highest BCUT2D eigenvalue weighted by atomic mass is 19.4. The minimum atomic E-state index is -4.28. The summed E-state index contributed by atoms with van der Waals surface area (Å²) in [5.74, 6) is 0.377. The van der Waals surface area contributed by atoms with Crippen molar-refractivity contribution < 1.29 is 13.2 Å². The highest BCUT2D eigenvalue weighted by Gasteiger charge is 2.33. The molecule has 1 heterocycles. The molecular formula is C15H21F3N2. The summed E-state index contributed by atoms with van der Waals surface area (Å²) in [4.78, 5) is 2.09. The third-order valence-electron chi connectivity index (χ3n) is 4.00. The summed E-state index contributed by atoms with van der Waals surface area (Å²) >= 11 is 0. The summed E-state index contributed by atoms with van der Waals surface area (Å²) in [6, 6.07) is 5.92. The van der Waals surface area contributed by atoms with Gasteiger partial charge in [0.15, 0.2) is 0 Å². The van der Waals surface area contributed by atoms with Crippen LogP contribution in [-0.2, 0) is 12.7 Å². The van der Waals surface area contributed by atoms with E-state index in [1.165, 1.54) is 6.07 Å². The molecule has 1 saturated heterocycles. The number of hydrogen-bond donors (Lipinski definition) is 1. The van der Waals surface area contributed by atoms with Crippen LogP contribution in [0.4, 0.5) is 13.2 Å². The minimum Gasteiger partial charge on any atom is -0.328 e. The zero-order chi connectivity index (χ0) is 14.8. The van der Waals surface area contributed by atoms with Gasteiger partial charge in [-0.15, -0.1) is 0 Å². The van der Waals surface area contributed by atoms with Crippen molar-refractivity contribution in [3.8, 4) is 0 Å². The molecule has 2 unspecified atom stereocenters. The van der Waals surface area contributed by atoms with Crippen LogP contribution in [0.25, 0.3) is 0 Å². The Morgan fingerprint density at radius 3 is 2.70 bits per heavy atom. The standard InChI is InChI=1S/C15H21F3N2/c1-11(19)12-6-4-8-20(9-12)10-13-5-2-3-7-14(13)15(16,17)18/h2-3,5,7,11-12H,4,6,8-10,19H2,1H3. The Hall–Kier alpha value is -1.07. The van der Waals surface area contributed by atoms with Crippen molar-refractivity contribution in [1.82, 2.24) is 4.90 Å². The summed E-state index contributed by atoms with van der Waals surface area (Å²) in [6.07, 6.45) is -2.22. The van der Waals surface area contributed by atoms with Crippen molar-refractivity contribution in [2.75, 3.05) is 13.1 Å². The summed E-state index contributed by atoms with van der Waals surface area (Å²) in [5.41, 5.74) is 5.74. The molecule has 2 N–H and O–H groups in total. The van der Waals surface area contributed by atoms with E-state index in [-0.39, 0.29) is 6.04 Å². The van der Waals surface area contributed by atoms with Gasteiger partial charge in [0.05, 0.1) is 5.56 Å². The second kappa shape index (κ2) is 6.14. The molecule has 1 fully saturated rings. The summed E-state index contributed by atoms with van der Waals surface area (Å²) in [7, 11) is 0. The quantitative estimate of drug-likeness (QED) is 0.924. The zero-order valence-corrected chi connectivity index (χ0v) is 11.7. The molecule has 1 aromatic rings. The molecule has 20 heavy (non-hydrogen) atoms. The number of alkyl halides is 3. The van der Waals surface area contributed by atoms with E-state index in [4.69, 9.17) is 5.73 Å². The van der Waals surface area contributed by atoms with E-state index in [1.807, 2.05) is 6.92 Å². The van der Waals surface area contributed by atoms with Crippen LogP contribution < -0.4 is 5.73 Å². The van der Waals surface area contributed by atoms with Crippen LogP contribution >= 0.6 is 0 Å². The second-order valence-corrected chi connectivity index (χ2v) is 5.65. The van der Waals surface area contributed by atoms with Gasteiger partial charge >= 0.3 is 6.18 Å². The van der Waals surface area contributed by atoms with Gasteiger partial charge in [0.2, 0.25) is 0 Å². The lowest BCUT2D eigenvalue weighted by atomic mass is 9.91. The Labute approximate surface area is 117 Å². The maximum Gasteiger partial charge on any atom is 0.416 e. The van der Waals surface area contributed by atoms with Gasteiger partial charge in [-0.05, 0) is 43.9 Å². The van der Waals surface area contributed by atoms with Gasteiger partial charge < -0.3 is 5.73 Å². The predicted octanol–water partition coefficient (Wildman–Crippen LogP) is 3.26. The lowest BCUT2D eigenvalue weighted by Gasteiger charge is -2.35. The maximum atomic E-state index is 13.0. The molecule has 0 spiro atoms. The van der Waals surface area contributed by atoms with Crippen molar-refractivity contribution in [1.29, 1.82) is 0 Å². The first kappa shape index (κ1) is 15.3. The number of halogens is 3. The Morgan fingerprint density at radius 2 is 2.05 bits per heavy atom. The van der Waals surface area contributed by atoms with Gasteiger partial charge in [0.1, 0.15) is 0 Å². The highest BCUT2D eigenvalue weighted by molar-refractivity contribution is 5.29. The zero-order valence-electron chi connectivity index (χ0n) is 11.7. The molecule has 2 atom stereocenters. The predicted molar refractivity (Wildman–Crippen MR) is 73.1 cm³/mol. The Bertz CT molecular complexity index is 443. The van der Waals surface area contributed by atoms with Crippen molar-refractivity contribution >= 4 is 0 Å². The average Bonchev–Trinajstić information content (AvgIpc) is 2.38. The van der Waals surface area contributed by atoms with Crippen LogP contribution in [0.3, 0.4) is 0 Å². The first-order valence-corrected chi connectivity index (χ1v) is 7.01. The fraction of sp³-hybridized carbons (Fsp3) is 0.600. The minimum absolute atomic E-state index is 0.0932.